The van der Waals surface area contributed by atoms with E-state index in [2.05, 4.69) is 16.2 Å². The predicted molar refractivity (Wildman–Crippen MR) is 366 cm³/mol. The van der Waals surface area contributed by atoms with E-state index in [0.717, 1.165) is 16.7 Å². The van der Waals surface area contributed by atoms with Gasteiger partial charge in [0.2, 0.25) is 41.4 Å². The fourth-order valence-corrected chi connectivity index (χ4v) is 17.0. The molecular formula is C70H94CoN13O14P. The fraction of sp³-hybridized carbons (Fsp3) is 0.557. The van der Waals surface area contributed by atoms with Crippen LogP contribution in [0.2, 0.25) is 0 Å². The maximum absolute atomic E-state index is 14.4. The molecule has 29 heteroatoms. The number of nitrogens with zero attached hydrogens (tertiary/aromatic N) is 6. The number of hydrogen-bond acceptors (Lipinski definition) is 17. The number of hydrogen-bond donors (Lipinski definition) is 10. The maximum Gasteiger partial charge on any atom is 2.00 e. The summed E-state index contributed by atoms with van der Waals surface area (Å²) in [6.45, 7) is 19.1. The third-order valence-corrected chi connectivity index (χ3v) is 22.5. The molecule has 27 nitrogen and oxygen atoms in total. The number of imidazole rings is 1. The van der Waals surface area contributed by atoms with Gasteiger partial charge >= 0.3 is 24.6 Å². The topological polar surface area (TPSA) is 462 Å². The van der Waals surface area contributed by atoms with Crippen LogP contribution in [0.4, 0.5) is 0 Å². The zero-order chi connectivity index (χ0) is 72.5. The van der Waals surface area contributed by atoms with Crippen molar-refractivity contribution < 1.29 is 83.8 Å². The number of aryl methyl sites for hydroxylation is 2. The number of benzene rings is 2. The largest absolute Gasteiger partial charge is 2.00 e. The molecule has 1 radical (unpaired) electrons. The molecule has 7 amide bonds. The molecular weight excluding hydrogens is 1340 g/mol. The van der Waals surface area contributed by atoms with Gasteiger partial charge in [-0.1, -0.05) is 65.3 Å². The second-order valence-corrected chi connectivity index (χ2v) is 29.9. The van der Waals surface area contributed by atoms with Crippen molar-refractivity contribution in [1.82, 2.24) is 14.9 Å². The van der Waals surface area contributed by atoms with Crippen molar-refractivity contribution in [3.05, 3.63) is 112 Å². The van der Waals surface area contributed by atoms with E-state index >= 15 is 0 Å². The number of allylic oxidation sites excluding steroid dienone is 6. The number of aliphatic hydroxyl groups excluding tert-OH is 2. The molecule has 537 valence electrons. The summed E-state index contributed by atoms with van der Waals surface area (Å²) in [6.07, 6.45) is 2.22. The van der Waals surface area contributed by atoms with Gasteiger partial charge in [-0.2, -0.15) is 5.70 Å². The Kier molecular flexibility index (Phi) is 24.3. The molecule has 0 spiro atoms. The number of ether oxygens (including phenoxy) is 1. The van der Waals surface area contributed by atoms with Crippen LogP contribution in [0, 0.1) is 71.5 Å². The molecule has 3 unspecified atom stereocenters. The van der Waals surface area contributed by atoms with E-state index in [1.807, 2.05) is 111 Å². The summed E-state index contributed by atoms with van der Waals surface area (Å²) < 4.78 is 32.3. The van der Waals surface area contributed by atoms with Crippen LogP contribution in [0.25, 0.3) is 16.4 Å². The van der Waals surface area contributed by atoms with Gasteiger partial charge in [-0.05, 0) is 118 Å². The Bertz CT molecular complexity index is 3970. The quantitative estimate of drug-likeness (QED) is 0.0267. The monoisotopic (exact) mass is 1430 g/mol. The molecule has 8 bridgehead atoms. The van der Waals surface area contributed by atoms with Gasteiger partial charge in [0.25, 0.3) is 0 Å². The number of aromatic nitrogens is 2. The predicted octanol–water partition coefficient (Wildman–Crippen LogP) is 5.57. The van der Waals surface area contributed by atoms with E-state index in [9.17, 15) is 53.2 Å². The van der Waals surface area contributed by atoms with Gasteiger partial charge in [0.15, 0.2) is 6.23 Å². The van der Waals surface area contributed by atoms with Gasteiger partial charge in [0.1, 0.15) is 18.3 Å². The molecule has 15 atom stereocenters. The minimum atomic E-state index is -5.07. The Hall–Kier alpha value is -7.71. The smallest absolute Gasteiger partial charge is 0.680 e. The van der Waals surface area contributed by atoms with Crippen LogP contribution < -0.4 is 39.7 Å². The Labute approximate surface area is 587 Å². The fourth-order valence-electron chi connectivity index (χ4n) is 15.9. The Morgan fingerprint density at radius 1 is 0.788 bits per heavy atom. The van der Waals surface area contributed by atoms with Crippen LogP contribution in [0.5, 0.6) is 0 Å². The van der Waals surface area contributed by atoms with E-state index in [4.69, 9.17) is 74.9 Å². The van der Waals surface area contributed by atoms with Gasteiger partial charge in [-0.3, -0.25) is 63.5 Å². The molecule has 2 aromatic carbocycles. The molecule has 99 heavy (non-hydrogen) atoms. The minimum Gasteiger partial charge on any atom is -0.680 e. The molecule has 0 aliphatic carbocycles. The van der Waals surface area contributed by atoms with Crippen molar-refractivity contribution in [2.24, 2.45) is 94.7 Å². The number of rotatable bonds is 26. The average Bonchev–Trinajstić information content (AvgIpc) is 1.53. The maximum atomic E-state index is 14.4. The number of fused-ring (bicyclic) bond motifs is 7. The van der Waals surface area contributed by atoms with Crippen LogP contribution in [0.1, 0.15) is 156 Å². The number of aliphatic imine (C=N–C) groups is 3. The molecule has 9 rings (SSSR count). The first-order valence-electron chi connectivity index (χ1n) is 32.9. The summed E-state index contributed by atoms with van der Waals surface area (Å²) in [4.78, 5) is 125. The van der Waals surface area contributed by atoms with Crippen LogP contribution in [-0.2, 0) is 68.7 Å². The Morgan fingerprint density at radius 3 is 1.95 bits per heavy atom. The van der Waals surface area contributed by atoms with E-state index in [-0.39, 0.29) is 94.0 Å². The van der Waals surface area contributed by atoms with Crippen LogP contribution in [-0.4, -0.2) is 132 Å². The zero-order valence-electron chi connectivity index (χ0n) is 57.9. The van der Waals surface area contributed by atoms with Gasteiger partial charge in [-0.15, -0.1) is 17.7 Å². The van der Waals surface area contributed by atoms with Crippen molar-refractivity contribution >= 4 is 77.3 Å². The number of amides is 7. The van der Waals surface area contributed by atoms with Crippen molar-refractivity contribution in [3.63, 3.8) is 0 Å². The number of nitrogens with one attached hydrogen (secondary N) is 1. The van der Waals surface area contributed by atoms with Gasteiger partial charge in [-0.25, -0.2) is 9.55 Å². The summed E-state index contributed by atoms with van der Waals surface area (Å²) in [6, 6.07) is 12.1. The number of aliphatic hydroxyl groups is 2. The number of phosphoric ester groups is 1. The summed E-state index contributed by atoms with van der Waals surface area (Å²) in [7, 11) is -5.07. The molecule has 3 aromatic rings. The van der Waals surface area contributed by atoms with Crippen LogP contribution >= 0.6 is 7.82 Å². The number of carbonyl (C=O) groups is 7. The third-order valence-electron chi connectivity index (χ3n) is 21.4. The SMILES string of the molecule is C/C1=C2N=C(/C=C3N=C(/C(C)=C4\[N-][C@@](C)(C5N=C1[C@](C)(CCC(=O)NCC(C)OP(=O)(O)O[C@H]1[C@@H](O)[C@H](n6cnc7cc(C)c(C)cc76)O[C@@H]1CO)[C@H]5CC(N)=O)[C@@](C)(CC(N)=O)[C@@H]4CCC(N)=O)[C@@](C)(CC(N)=O)[C@@H]\3CCC(N)=O)C(C)(C)[C@@H]/2CCC(N)=O.[C-]#Cc1ccccc1.[Co+2]. The Balaban J connectivity index is 0.00000143. The van der Waals surface area contributed by atoms with Gasteiger partial charge in [0.05, 0.1) is 30.1 Å². The van der Waals surface area contributed by atoms with Gasteiger partial charge in [0, 0.05) is 114 Å². The summed E-state index contributed by atoms with van der Waals surface area (Å²) in [5.74, 6) is -5.06. The first-order chi connectivity index (χ1) is 45.8. The normalized spacial score (nSPS) is 31.7. The number of primary amides is 6. The van der Waals surface area contributed by atoms with Crippen LogP contribution in [0.15, 0.2) is 98.1 Å². The first-order valence-corrected chi connectivity index (χ1v) is 34.4. The number of carbonyl (C=O) groups excluding carboxylic acids is 7. The van der Waals surface area contributed by atoms with E-state index in [0.29, 0.717) is 56.4 Å². The molecule has 7 heterocycles. The molecule has 6 aliphatic rings. The Morgan fingerprint density at radius 2 is 1.38 bits per heavy atom. The molecule has 6 aliphatic heterocycles. The van der Waals surface area contributed by atoms with Crippen LogP contribution in [0.3, 0.4) is 0 Å². The molecule has 1 aromatic heterocycles. The molecule has 0 saturated carbocycles. The second-order valence-electron chi connectivity index (χ2n) is 28.5. The molecule has 2 saturated heterocycles. The molecule has 2 fully saturated rings. The summed E-state index contributed by atoms with van der Waals surface area (Å²) in [5.41, 5.74) is 37.6. The van der Waals surface area contributed by atoms with E-state index < -0.39 is 143 Å². The van der Waals surface area contributed by atoms with Crippen molar-refractivity contribution in [1.29, 1.82) is 0 Å². The van der Waals surface area contributed by atoms with Gasteiger partial charge < -0.3 is 75.9 Å². The van der Waals surface area contributed by atoms with E-state index in [1.165, 1.54) is 13.3 Å². The van der Waals surface area contributed by atoms with E-state index in [1.54, 1.807) is 11.5 Å². The second kappa shape index (κ2) is 30.6. The molecule has 16 N–H and O–H groups in total. The number of phosphoric acid groups is 1. The minimum absolute atomic E-state index is 0. The van der Waals surface area contributed by atoms with Crippen molar-refractivity contribution in [2.45, 2.75) is 189 Å². The standard InChI is InChI=1S/C62H90N13O14P.C8H5.Co/c1-29-20-39-40(21-30(29)2)75(28-70-39)57-52(84)53(41(27-76)87-57)89-90(85,86)88-31(3)26-69-49(83)18-19-59(8)37(22-46(66)80)56-62(11)61(10,25-48(68)82)36(14-17-45(65)79)51(74-62)33(5)55-60(9,24-47(67)81)34(12-15-43(63)77)38(71-55)23-42-58(6,7)35(13-16-44(64)78)50(72-42)32(4)54(59)73-56;1-2-8-6-4-3-5-7-8;/h20-21,23,28,31,34-37,41,52-53,56-57,76,84H,12-19,22,24-27H2,1-11H3,(H15,63,64,65,66,67,68,69,71,72,73,74,77,78,79,80,81,82,83,85,86);3-7H;/q;-1;+2/p-1/t31?,34-,35-,36-,37+,41-,52-,53-,56?,57-,59-,60+,61+,62+;;/m1../s1. The first kappa shape index (κ1) is 78.6. The third kappa shape index (κ3) is 16.1. The average molecular weight is 1430 g/mol. The summed E-state index contributed by atoms with van der Waals surface area (Å²) >= 11 is 0. The van der Waals surface area contributed by atoms with Crippen molar-refractivity contribution in [3.8, 4) is 5.92 Å². The summed E-state index contributed by atoms with van der Waals surface area (Å²) in [5, 5.41) is 30.2. The van der Waals surface area contributed by atoms with Crippen molar-refractivity contribution in [2.75, 3.05) is 13.2 Å². The number of nitrogens with two attached hydrogens (primary N) is 6. The zero-order valence-corrected chi connectivity index (χ0v) is 59.9.